The summed E-state index contributed by atoms with van der Waals surface area (Å²) in [7, 11) is 0. The fraction of sp³-hybridized carbons (Fsp3) is 0.417. The molecule has 168 valence electrons. The van der Waals surface area contributed by atoms with Crippen LogP contribution in [0.3, 0.4) is 0 Å². The molecule has 1 aliphatic carbocycles. The van der Waals surface area contributed by atoms with Crippen molar-refractivity contribution in [3.05, 3.63) is 58.1 Å². The SMILES string of the molecule is Cc1cc2c(c(OCC3(F)CC3)c1Cl)C(=O)N1C[C@H](OC(=O)c3ccccc3)C[C@@H]1CO2. The van der Waals surface area contributed by atoms with Gasteiger partial charge >= 0.3 is 5.97 Å². The molecule has 1 amide bonds. The molecule has 2 atom stereocenters. The number of esters is 1. The van der Waals surface area contributed by atoms with Gasteiger partial charge in [0.2, 0.25) is 0 Å². The fourth-order valence-corrected chi connectivity index (χ4v) is 4.36. The van der Waals surface area contributed by atoms with Crippen molar-refractivity contribution in [1.29, 1.82) is 0 Å². The number of benzene rings is 2. The van der Waals surface area contributed by atoms with Gasteiger partial charge in [0.15, 0.2) is 5.75 Å². The molecule has 0 unspecified atom stereocenters. The van der Waals surface area contributed by atoms with Gasteiger partial charge in [0.1, 0.15) is 36.3 Å². The number of rotatable bonds is 5. The quantitative estimate of drug-likeness (QED) is 0.621. The second-order valence-electron chi connectivity index (χ2n) is 8.70. The highest BCUT2D eigenvalue weighted by Gasteiger charge is 2.46. The number of nitrogens with zero attached hydrogens (tertiary/aromatic N) is 1. The number of alkyl halides is 1. The summed E-state index contributed by atoms with van der Waals surface area (Å²) in [6, 6.07) is 10.2. The van der Waals surface area contributed by atoms with Gasteiger partial charge in [-0.2, -0.15) is 0 Å². The second kappa shape index (κ2) is 7.96. The van der Waals surface area contributed by atoms with Gasteiger partial charge < -0.3 is 19.1 Å². The predicted octanol–water partition coefficient (Wildman–Crippen LogP) is 4.36. The zero-order chi connectivity index (χ0) is 22.5. The van der Waals surface area contributed by atoms with Gasteiger partial charge in [0.25, 0.3) is 5.91 Å². The lowest BCUT2D eigenvalue weighted by Crippen LogP contribution is -2.37. The number of halogens is 2. The Morgan fingerprint density at radius 1 is 1.31 bits per heavy atom. The molecule has 2 aromatic carbocycles. The van der Waals surface area contributed by atoms with Crippen LogP contribution in [0.1, 0.15) is 45.5 Å². The van der Waals surface area contributed by atoms with E-state index in [0.717, 1.165) is 0 Å². The Morgan fingerprint density at radius 3 is 2.78 bits per heavy atom. The van der Waals surface area contributed by atoms with E-state index < -0.39 is 17.7 Å². The topological polar surface area (TPSA) is 65.1 Å². The lowest BCUT2D eigenvalue weighted by atomic mass is 10.1. The highest BCUT2D eigenvalue weighted by molar-refractivity contribution is 6.33. The average Bonchev–Trinajstić information content (AvgIpc) is 3.41. The van der Waals surface area contributed by atoms with Gasteiger partial charge in [-0.3, -0.25) is 4.79 Å². The third kappa shape index (κ3) is 3.90. The zero-order valence-corrected chi connectivity index (χ0v) is 18.4. The summed E-state index contributed by atoms with van der Waals surface area (Å²) >= 11 is 6.46. The summed E-state index contributed by atoms with van der Waals surface area (Å²) in [5, 5.41) is 0.273. The standard InChI is InChI=1S/C24H23ClFNO5/c1-14-9-18-19(21(20(14)25)31-13-24(26)7-8-24)22(28)27-11-17(10-16(27)12-30-18)32-23(29)15-5-3-2-4-6-15/h2-6,9,16-17H,7-8,10-13H2,1H3/t16-,17-/m1/s1. The Morgan fingerprint density at radius 2 is 2.06 bits per heavy atom. The molecule has 1 saturated carbocycles. The molecule has 2 heterocycles. The van der Waals surface area contributed by atoms with Gasteiger partial charge in [-0.15, -0.1) is 0 Å². The molecule has 0 N–H and O–H groups in total. The minimum Gasteiger partial charge on any atom is -0.490 e. The van der Waals surface area contributed by atoms with Crippen LogP contribution in [0.5, 0.6) is 11.5 Å². The van der Waals surface area contributed by atoms with Crippen molar-refractivity contribution in [1.82, 2.24) is 4.90 Å². The van der Waals surface area contributed by atoms with E-state index in [2.05, 4.69) is 0 Å². The lowest BCUT2D eigenvalue weighted by molar-refractivity contribution is 0.0314. The molecule has 0 aromatic heterocycles. The molecule has 8 heteroatoms. The van der Waals surface area contributed by atoms with Crippen molar-refractivity contribution >= 4 is 23.5 Å². The number of hydrogen-bond donors (Lipinski definition) is 0. The van der Waals surface area contributed by atoms with Crippen molar-refractivity contribution in [2.45, 2.75) is 44.0 Å². The highest BCUT2D eigenvalue weighted by Crippen LogP contribution is 2.45. The average molecular weight is 460 g/mol. The Kier molecular flexibility index (Phi) is 5.24. The van der Waals surface area contributed by atoms with Crippen LogP contribution in [-0.4, -0.2) is 54.3 Å². The Balaban J connectivity index is 1.38. The van der Waals surface area contributed by atoms with E-state index in [-0.39, 0.29) is 48.0 Å². The van der Waals surface area contributed by atoms with Gasteiger partial charge in [0.05, 0.1) is 23.2 Å². The van der Waals surface area contributed by atoms with E-state index in [0.29, 0.717) is 36.1 Å². The van der Waals surface area contributed by atoms with E-state index in [1.807, 2.05) is 6.07 Å². The van der Waals surface area contributed by atoms with E-state index in [9.17, 15) is 14.0 Å². The van der Waals surface area contributed by atoms with E-state index >= 15 is 0 Å². The summed E-state index contributed by atoms with van der Waals surface area (Å²) < 4.78 is 31.6. The van der Waals surface area contributed by atoms with E-state index in [4.69, 9.17) is 25.8 Å². The predicted molar refractivity (Wildman–Crippen MR) is 115 cm³/mol. The van der Waals surface area contributed by atoms with Crippen LogP contribution >= 0.6 is 11.6 Å². The number of carbonyl (C=O) groups excluding carboxylic acids is 2. The number of amides is 1. The number of hydrogen-bond acceptors (Lipinski definition) is 5. The van der Waals surface area contributed by atoms with E-state index in [1.165, 1.54) is 0 Å². The third-order valence-corrected chi connectivity index (χ3v) is 6.67. The maximum Gasteiger partial charge on any atom is 0.338 e. The summed E-state index contributed by atoms with van der Waals surface area (Å²) in [6.45, 7) is 2.13. The monoisotopic (exact) mass is 459 g/mol. The largest absolute Gasteiger partial charge is 0.490 e. The minimum atomic E-state index is -1.36. The van der Waals surface area contributed by atoms with Gasteiger partial charge in [0, 0.05) is 6.42 Å². The van der Waals surface area contributed by atoms with Crippen LogP contribution in [0.4, 0.5) is 4.39 Å². The summed E-state index contributed by atoms with van der Waals surface area (Å²) in [6.07, 6.45) is 0.888. The molecule has 0 radical (unpaired) electrons. The fourth-order valence-electron chi connectivity index (χ4n) is 4.16. The van der Waals surface area contributed by atoms with Crippen LogP contribution < -0.4 is 9.47 Å². The molecule has 2 fully saturated rings. The van der Waals surface area contributed by atoms with Crippen LogP contribution in [-0.2, 0) is 4.74 Å². The molecule has 1 saturated heterocycles. The normalized spacial score (nSPS) is 23.0. The number of ether oxygens (including phenoxy) is 3. The Labute approximate surface area is 190 Å². The number of aryl methyl sites for hydroxylation is 1. The number of carbonyl (C=O) groups is 2. The summed E-state index contributed by atoms with van der Waals surface area (Å²) in [5.74, 6) is -0.215. The van der Waals surface area contributed by atoms with Gasteiger partial charge in [-0.05, 0) is 43.5 Å². The van der Waals surface area contributed by atoms with Crippen LogP contribution in [0.2, 0.25) is 5.02 Å². The molecule has 5 rings (SSSR count). The summed E-state index contributed by atoms with van der Waals surface area (Å²) in [5.41, 5.74) is -0.0154. The molecule has 0 bridgehead atoms. The van der Waals surface area contributed by atoms with Crippen LogP contribution in [0, 0.1) is 6.92 Å². The van der Waals surface area contributed by atoms with Crippen molar-refractivity contribution in [2.75, 3.05) is 19.8 Å². The van der Waals surface area contributed by atoms with Crippen molar-refractivity contribution in [3.63, 3.8) is 0 Å². The molecular weight excluding hydrogens is 437 g/mol. The third-order valence-electron chi connectivity index (χ3n) is 6.20. The first kappa shape index (κ1) is 21.1. The van der Waals surface area contributed by atoms with Crippen molar-refractivity contribution in [3.8, 4) is 11.5 Å². The molecule has 2 aromatic rings. The first-order valence-electron chi connectivity index (χ1n) is 10.7. The lowest BCUT2D eigenvalue weighted by Gasteiger charge is -2.22. The first-order chi connectivity index (χ1) is 15.3. The Bertz CT molecular complexity index is 1070. The highest BCUT2D eigenvalue weighted by atomic mass is 35.5. The van der Waals surface area contributed by atoms with Crippen molar-refractivity contribution in [2.24, 2.45) is 0 Å². The first-order valence-corrected chi connectivity index (χ1v) is 11.1. The maximum atomic E-state index is 14.2. The molecule has 0 spiro atoms. The van der Waals surface area contributed by atoms with Crippen molar-refractivity contribution < 1.29 is 28.2 Å². The molecule has 2 aliphatic heterocycles. The van der Waals surface area contributed by atoms with Gasteiger partial charge in [-0.1, -0.05) is 29.8 Å². The molecule has 32 heavy (non-hydrogen) atoms. The minimum absolute atomic E-state index is 0.154. The molecule has 6 nitrogen and oxygen atoms in total. The van der Waals surface area contributed by atoms with Gasteiger partial charge in [-0.25, -0.2) is 9.18 Å². The zero-order valence-electron chi connectivity index (χ0n) is 17.6. The number of fused-ring (bicyclic) bond motifs is 2. The van der Waals surface area contributed by atoms with E-state index in [1.54, 1.807) is 42.2 Å². The molecule has 3 aliphatic rings. The van der Waals surface area contributed by atoms with Crippen LogP contribution in [0.15, 0.2) is 36.4 Å². The van der Waals surface area contributed by atoms with Crippen LogP contribution in [0.25, 0.3) is 0 Å². The maximum absolute atomic E-state index is 14.2. The Hall–Kier alpha value is -2.80. The molecular formula is C24H23ClFNO5. The second-order valence-corrected chi connectivity index (χ2v) is 9.08. The summed E-state index contributed by atoms with van der Waals surface area (Å²) in [4.78, 5) is 27.6. The smallest absolute Gasteiger partial charge is 0.338 e.